The molecule has 0 heterocycles. The number of rotatable bonds is 9. The van der Waals surface area contributed by atoms with Gasteiger partial charge in [-0.1, -0.05) is 36.4 Å². The molecule has 4 aromatic carbocycles. The summed E-state index contributed by atoms with van der Waals surface area (Å²) in [6.07, 6.45) is 1.24. The van der Waals surface area contributed by atoms with Crippen LogP contribution in [-0.4, -0.2) is 22.8 Å². The predicted octanol–water partition coefficient (Wildman–Crippen LogP) is 6.78. The Labute approximate surface area is 222 Å². The number of benzene rings is 4. The summed E-state index contributed by atoms with van der Waals surface area (Å²) in [5.74, 6) is 0.836. The Morgan fingerprint density at radius 1 is 0.632 bits per heavy atom. The van der Waals surface area contributed by atoms with Crippen LogP contribution in [0.1, 0.15) is 54.1 Å². The summed E-state index contributed by atoms with van der Waals surface area (Å²) >= 11 is 0. The third-order valence-electron chi connectivity index (χ3n) is 6.85. The van der Waals surface area contributed by atoms with E-state index >= 15 is 0 Å². The zero-order valence-corrected chi connectivity index (χ0v) is 21.9. The highest BCUT2D eigenvalue weighted by atomic mass is 16.5. The maximum absolute atomic E-state index is 11.1. The van der Waals surface area contributed by atoms with Crippen LogP contribution in [0.3, 0.4) is 0 Å². The molecule has 0 radical (unpaired) electrons. The summed E-state index contributed by atoms with van der Waals surface area (Å²) in [6, 6.07) is 18.3. The molecule has 4 rings (SSSR count). The second-order valence-electron chi connectivity index (χ2n) is 9.35. The summed E-state index contributed by atoms with van der Waals surface area (Å²) in [5.41, 5.74) is 8.31. The second kappa shape index (κ2) is 11.2. The maximum atomic E-state index is 11.1. The average molecular weight is 511 g/mol. The summed E-state index contributed by atoms with van der Waals surface area (Å²) in [4.78, 5) is 22.1. The number of aldehydes is 2. The highest BCUT2D eigenvalue weighted by Gasteiger charge is 2.14. The molecular weight excluding hydrogens is 480 g/mol. The SMILES string of the molecule is Cc1cc(C=O)c(O)cc1OCc1cccc(-c2cccc(COc3cc(O)c(C=O)cc3C)c2C)c1C. The van der Waals surface area contributed by atoms with Crippen LogP contribution in [0.25, 0.3) is 11.1 Å². The fourth-order valence-electron chi connectivity index (χ4n) is 4.47. The molecule has 2 N–H and O–H groups in total. The summed E-state index contributed by atoms with van der Waals surface area (Å²) in [5, 5.41) is 20.1. The molecule has 0 fully saturated rings. The van der Waals surface area contributed by atoms with Gasteiger partial charge in [0.25, 0.3) is 0 Å². The molecule has 0 saturated carbocycles. The summed E-state index contributed by atoms with van der Waals surface area (Å²) < 4.78 is 12.0. The monoisotopic (exact) mass is 510 g/mol. The van der Waals surface area contributed by atoms with E-state index in [9.17, 15) is 19.8 Å². The zero-order valence-electron chi connectivity index (χ0n) is 21.9. The van der Waals surface area contributed by atoms with Gasteiger partial charge in [0.2, 0.25) is 0 Å². The van der Waals surface area contributed by atoms with Crippen molar-refractivity contribution in [1.29, 1.82) is 0 Å². The molecule has 0 amide bonds. The molecule has 0 bridgehead atoms. The molecule has 0 aliphatic carbocycles. The van der Waals surface area contributed by atoms with Crippen molar-refractivity contribution in [3.05, 3.63) is 105 Å². The first kappa shape index (κ1) is 26.5. The largest absolute Gasteiger partial charge is 0.507 e. The average Bonchev–Trinajstić information content (AvgIpc) is 2.90. The first-order valence-corrected chi connectivity index (χ1v) is 12.2. The molecule has 6 nitrogen and oxygen atoms in total. The Morgan fingerprint density at radius 3 is 1.39 bits per heavy atom. The van der Waals surface area contributed by atoms with E-state index in [4.69, 9.17) is 9.47 Å². The smallest absolute Gasteiger partial charge is 0.153 e. The number of phenols is 2. The topological polar surface area (TPSA) is 93.1 Å². The normalized spacial score (nSPS) is 10.7. The Hall–Kier alpha value is -4.58. The van der Waals surface area contributed by atoms with Crippen molar-refractivity contribution in [2.45, 2.75) is 40.9 Å². The Kier molecular flexibility index (Phi) is 7.82. The Morgan fingerprint density at radius 2 is 1.03 bits per heavy atom. The minimum absolute atomic E-state index is 0.106. The Balaban J connectivity index is 1.56. The van der Waals surface area contributed by atoms with Gasteiger partial charge in [0.15, 0.2) is 12.6 Å². The van der Waals surface area contributed by atoms with Crippen molar-refractivity contribution in [1.82, 2.24) is 0 Å². The lowest BCUT2D eigenvalue weighted by Gasteiger charge is -2.18. The van der Waals surface area contributed by atoms with Crippen molar-refractivity contribution >= 4 is 12.6 Å². The molecule has 0 unspecified atom stereocenters. The van der Waals surface area contributed by atoms with E-state index in [0.29, 0.717) is 37.3 Å². The van der Waals surface area contributed by atoms with Crippen molar-refractivity contribution < 1.29 is 29.3 Å². The van der Waals surface area contributed by atoms with Gasteiger partial charge in [-0.15, -0.1) is 0 Å². The van der Waals surface area contributed by atoms with Crippen molar-refractivity contribution in [2.24, 2.45) is 0 Å². The van der Waals surface area contributed by atoms with E-state index in [0.717, 1.165) is 44.5 Å². The molecular formula is C32H30O6. The van der Waals surface area contributed by atoms with Crippen LogP contribution in [0.5, 0.6) is 23.0 Å². The third kappa shape index (κ3) is 5.39. The van der Waals surface area contributed by atoms with Gasteiger partial charge in [-0.2, -0.15) is 0 Å². The van der Waals surface area contributed by atoms with Crippen LogP contribution in [-0.2, 0) is 13.2 Å². The molecule has 0 aliphatic rings. The Bertz CT molecular complexity index is 1400. The molecule has 0 saturated heterocycles. The maximum Gasteiger partial charge on any atom is 0.153 e. The predicted molar refractivity (Wildman–Crippen MR) is 146 cm³/mol. The van der Waals surface area contributed by atoms with Crippen molar-refractivity contribution in [2.75, 3.05) is 0 Å². The van der Waals surface area contributed by atoms with E-state index in [1.54, 1.807) is 12.1 Å². The van der Waals surface area contributed by atoms with E-state index in [1.165, 1.54) is 12.1 Å². The van der Waals surface area contributed by atoms with Crippen LogP contribution in [0.2, 0.25) is 0 Å². The van der Waals surface area contributed by atoms with Gasteiger partial charge in [0.05, 0.1) is 11.1 Å². The van der Waals surface area contributed by atoms with Crippen LogP contribution < -0.4 is 9.47 Å². The van der Waals surface area contributed by atoms with Crippen LogP contribution in [0.15, 0.2) is 60.7 Å². The lowest BCUT2D eigenvalue weighted by Crippen LogP contribution is -2.03. The molecule has 0 aliphatic heterocycles. The van der Waals surface area contributed by atoms with Gasteiger partial charge in [-0.3, -0.25) is 9.59 Å². The molecule has 4 aromatic rings. The van der Waals surface area contributed by atoms with Crippen molar-refractivity contribution in [3.8, 4) is 34.1 Å². The van der Waals surface area contributed by atoms with Crippen LogP contribution in [0, 0.1) is 27.7 Å². The van der Waals surface area contributed by atoms with E-state index < -0.39 is 0 Å². The van der Waals surface area contributed by atoms with Gasteiger partial charge in [-0.25, -0.2) is 0 Å². The number of ether oxygens (including phenoxy) is 2. The molecule has 6 heteroatoms. The van der Waals surface area contributed by atoms with Crippen molar-refractivity contribution in [3.63, 3.8) is 0 Å². The number of phenolic OH excluding ortho intramolecular Hbond substituents is 2. The lowest BCUT2D eigenvalue weighted by atomic mass is 9.92. The van der Waals surface area contributed by atoms with Gasteiger partial charge in [-0.05, 0) is 84.3 Å². The second-order valence-corrected chi connectivity index (χ2v) is 9.35. The fourth-order valence-corrected chi connectivity index (χ4v) is 4.47. The number of aryl methyl sites for hydroxylation is 2. The van der Waals surface area contributed by atoms with Crippen LogP contribution in [0.4, 0.5) is 0 Å². The van der Waals surface area contributed by atoms with E-state index in [2.05, 4.69) is 26.0 Å². The molecule has 0 spiro atoms. The number of carbonyl (C=O) groups excluding carboxylic acids is 2. The quantitative estimate of drug-likeness (QED) is 0.241. The molecule has 38 heavy (non-hydrogen) atoms. The summed E-state index contributed by atoms with van der Waals surface area (Å²) in [6.45, 7) is 8.39. The summed E-state index contributed by atoms with van der Waals surface area (Å²) in [7, 11) is 0. The highest BCUT2D eigenvalue weighted by Crippen LogP contribution is 2.33. The highest BCUT2D eigenvalue weighted by molar-refractivity contribution is 5.81. The van der Waals surface area contributed by atoms with E-state index in [-0.39, 0.29) is 22.6 Å². The van der Waals surface area contributed by atoms with Gasteiger partial charge < -0.3 is 19.7 Å². The number of carbonyl (C=O) groups is 2. The molecule has 194 valence electrons. The number of hydrogen-bond acceptors (Lipinski definition) is 6. The molecule has 0 aromatic heterocycles. The molecule has 0 atom stereocenters. The van der Waals surface area contributed by atoms with Crippen LogP contribution >= 0.6 is 0 Å². The first-order chi connectivity index (χ1) is 18.2. The standard InChI is InChI=1S/C32H30O6/c1-19-11-25(15-33)29(35)13-31(19)37-17-23-7-5-9-27(21(23)3)28-10-6-8-24(22(28)4)18-38-32-14-30(36)26(16-34)12-20(32)2/h5-16,35-36H,17-18H2,1-4H3. The minimum atomic E-state index is -0.106. The lowest BCUT2D eigenvalue weighted by molar-refractivity contribution is 0.111. The third-order valence-corrected chi connectivity index (χ3v) is 6.85. The van der Waals surface area contributed by atoms with E-state index in [1.807, 2.05) is 38.1 Å². The van der Waals surface area contributed by atoms with Gasteiger partial charge in [0, 0.05) is 12.1 Å². The number of aromatic hydroxyl groups is 2. The van der Waals surface area contributed by atoms with Gasteiger partial charge in [0.1, 0.15) is 36.2 Å². The van der Waals surface area contributed by atoms with Gasteiger partial charge >= 0.3 is 0 Å². The number of hydrogen-bond donors (Lipinski definition) is 2. The zero-order chi connectivity index (χ0) is 27.4. The fraction of sp³-hybridized carbons (Fsp3) is 0.188. The first-order valence-electron chi connectivity index (χ1n) is 12.2. The minimum Gasteiger partial charge on any atom is -0.507 e.